The predicted molar refractivity (Wildman–Crippen MR) is 10.4 cm³/mol. The molecule has 0 unspecified atom stereocenters. The smallest absolute Gasteiger partial charge is 0.356 e. The Bertz CT molecular complexity index is 33.8. The van der Waals surface area contributed by atoms with Crippen molar-refractivity contribution >= 4 is 0 Å². The Labute approximate surface area is 89.6 Å². The normalized spacial score (nSPS) is 4.00. The minimum atomic E-state index is -1.75. The molecule has 6 heteroatoms. The van der Waals surface area contributed by atoms with E-state index in [1.807, 2.05) is 0 Å². The largest absolute Gasteiger partial charge is 1.00 e. The maximum atomic E-state index is 8.25. The molecule has 0 N–H and O–H groups in total. The molecule has 0 aromatic heterocycles. The molecule has 26 valence electrons. The summed E-state index contributed by atoms with van der Waals surface area (Å²) in [4.78, 5) is 8.25. The minimum absolute atomic E-state index is 0. The topological polar surface area (TPSA) is 66.2 Å². The van der Waals surface area contributed by atoms with Gasteiger partial charge < -0.3 is 15.3 Å². The molecule has 0 radical (unpaired) electrons. The van der Waals surface area contributed by atoms with Crippen molar-refractivity contribution in [3.8, 4) is 0 Å². The van der Waals surface area contributed by atoms with Gasteiger partial charge in [-0.1, -0.05) is 0 Å². The molecule has 0 atom stereocenters. The standard InChI is InChI=1S/K.NO3.Zn/c;2-1(3)4;/q+1;-1;. The monoisotopic (exact) mass is 165 g/mol. The molecule has 0 aromatic carbocycles. The van der Waals surface area contributed by atoms with E-state index < -0.39 is 5.09 Å². The van der Waals surface area contributed by atoms with Gasteiger partial charge in [0.1, 0.15) is 0 Å². The zero-order valence-corrected chi connectivity index (χ0v) is 9.47. The van der Waals surface area contributed by atoms with Crippen LogP contribution in [0.3, 0.4) is 0 Å². The van der Waals surface area contributed by atoms with Crippen LogP contribution in [0, 0.1) is 15.3 Å². The summed E-state index contributed by atoms with van der Waals surface area (Å²) in [5.41, 5.74) is 0. The molecular weight excluding hydrogens is 166 g/mol. The number of hydrogen-bond acceptors (Lipinski definition) is 3. The Morgan fingerprint density at radius 1 is 1.33 bits per heavy atom. The SMILES string of the molecule is O=[N+]([O-])[O-].[K+].[Zn]. The van der Waals surface area contributed by atoms with Gasteiger partial charge in [-0.25, -0.2) is 0 Å². The zero-order valence-electron chi connectivity index (χ0n) is 3.38. The van der Waals surface area contributed by atoms with Gasteiger partial charge in [-0.15, -0.1) is 0 Å². The minimum Gasteiger partial charge on any atom is -0.356 e. The third kappa shape index (κ3) is 51.0. The fourth-order valence-electron chi connectivity index (χ4n) is 0. The van der Waals surface area contributed by atoms with Gasteiger partial charge in [0.15, 0.2) is 0 Å². The maximum Gasteiger partial charge on any atom is 1.00 e. The molecule has 4 nitrogen and oxygen atoms in total. The molecule has 0 bridgehead atoms. The van der Waals surface area contributed by atoms with Gasteiger partial charge in [-0.2, -0.15) is 0 Å². The predicted octanol–water partition coefficient (Wildman–Crippen LogP) is -3.24. The summed E-state index contributed by atoms with van der Waals surface area (Å²) in [6, 6.07) is 0. The van der Waals surface area contributed by atoms with Gasteiger partial charge in [-0.3, -0.25) is 0 Å². The molecule has 0 rings (SSSR count). The zero-order chi connectivity index (χ0) is 3.58. The molecule has 0 fully saturated rings. The molecule has 0 saturated heterocycles. The average Bonchev–Trinajstić information content (AvgIpc) is 0.811. The van der Waals surface area contributed by atoms with Crippen molar-refractivity contribution < 1.29 is 75.9 Å². The van der Waals surface area contributed by atoms with Crippen molar-refractivity contribution in [2.75, 3.05) is 0 Å². The Kier molecular flexibility index (Phi) is 25.3. The molecule has 0 amide bonds. The quantitative estimate of drug-likeness (QED) is 0.216. The number of nitrogens with zero attached hydrogens (tertiary/aromatic N) is 1. The Morgan fingerprint density at radius 2 is 1.33 bits per heavy atom. The second-order valence-electron chi connectivity index (χ2n) is 0.224. The number of rotatable bonds is 0. The second kappa shape index (κ2) is 9.68. The summed E-state index contributed by atoms with van der Waals surface area (Å²) in [6.45, 7) is 0. The van der Waals surface area contributed by atoms with E-state index >= 15 is 0 Å². The first-order chi connectivity index (χ1) is 1.73. The number of hydrogen-bond donors (Lipinski definition) is 0. The Balaban J connectivity index is -0.0000000450. The summed E-state index contributed by atoms with van der Waals surface area (Å²) in [6.07, 6.45) is 0. The van der Waals surface area contributed by atoms with E-state index in [1.165, 1.54) is 0 Å². The van der Waals surface area contributed by atoms with E-state index in [-0.39, 0.29) is 70.9 Å². The van der Waals surface area contributed by atoms with Crippen molar-refractivity contribution in [3.63, 3.8) is 0 Å². The summed E-state index contributed by atoms with van der Waals surface area (Å²) in [7, 11) is 0. The van der Waals surface area contributed by atoms with E-state index in [9.17, 15) is 0 Å². The molecule has 0 heterocycles. The van der Waals surface area contributed by atoms with E-state index in [0.29, 0.717) is 0 Å². The Hall–Kier alpha value is 1.46. The van der Waals surface area contributed by atoms with Crippen LogP contribution in [0.15, 0.2) is 0 Å². The van der Waals surface area contributed by atoms with Gasteiger partial charge >= 0.3 is 51.4 Å². The first-order valence-electron chi connectivity index (χ1n) is 0.548. The van der Waals surface area contributed by atoms with Gasteiger partial charge in [0.25, 0.3) is 0 Å². The summed E-state index contributed by atoms with van der Waals surface area (Å²) < 4.78 is 0. The molecule has 0 aliphatic carbocycles. The van der Waals surface area contributed by atoms with Crippen LogP contribution in [0.25, 0.3) is 0 Å². The summed E-state index contributed by atoms with van der Waals surface area (Å²) in [5.74, 6) is 0. The van der Waals surface area contributed by atoms with E-state index in [1.54, 1.807) is 0 Å². The fraction of sp³-hybridized carbons (Fsp3) is 0. The van der Waals surface area contributed by atoms with Gasteiger partial charge in [0.05, 0.1) is 5.09 Å². The third-order valence-electron chi connectivity index (χ3n) is 0. The van der Waals surface area contributed by atoms with Crippen LogP contribution in [0.1, 0.15) is 0 Å². The van der Waals surface area contributed by atoms with Crippen LogP contribution in [0.4, 0.5) is 0 Å². The van der Waals surface area contributed by atoms with Crippen molar-refractivity contribution in [1.82, 2.24) is 0 Å². The molecule has 0 aliphatic heterocycles. The Morgan fingerprint density at radius 3 is 1.33 bits per heavy atom. The van der Waals surface area contributed by atoms with E-state index in [0.717, 1.165) is 0 Å². The van der Waals surface area contributed by atoms with E-state index in [4.69, 9.17) is 15.3 Å². The summed E-state index contributed by atoms with van der Waals surface area (Å²) in [5, 5.41) is 14.8. The third-order valence-corrected chi connectivity index (χ3v) is 0. The van der Waals surface area contributed by atoms with E-state index in [2.05, 4.69) is 0 Å². The molecule has 6 heavy (non-hydrogen) atoms. The van der Waals surface area contributed by atoms with Crippen LogP contribution in [0.2, 0.25) is 0 Å². The average molecular weight is 166 g/mol. The molecule has 0 aromatic rings. The van der Waals surface area contributed by atoms with Gasteiger partial charge in [-0.05, 0) is 0 Å². The first-order valence-corrected chi connectivity index (χ1v) is 0.548. The molecule has 0 saturated carbocycles. The van der Waals surface area contributed by atoms with Crippen molar-refractivity contribution in [3.05, 3.63) is 15.3 Å². The van der Waals surface area contributed by atoms with Crippen molar-refractivity contribution in [2.24, 2.45) is 0 Å². The maximum absolute atomic E-state index is 8.25. The van der Waals surface area contributed by atoms with Crippen molar-refractivity contribution in [1.29, 1.82) is 0 Å². The van der Waals surface area contributed by atoms with Crippen LogP contribution in [0.5, 0.6) is 0 Å². The fourth-order valence-corrected chi connectivity index (χ4v) is 0. The van der Waals surface area contributed by atoms with Crippen LogP contribution < -0.4 is 51.4 Å². The first kappa shape index (κ1) is 15.7. The summed E-state index contributed by atoms with van der Waals surface area (Å²) >= 11 is 0. The van der Waals surface area contributed by atoms with Crippen LogP contribution >= 0.6 is 0 Å². The van der Waals surface area contributed by atoms with Crippen LogP contribution in [-0.4, -0.2) is 5.09 Å². The second-order valence-corrected chi connectivity index (χ2v) is 0.224. The van der Waals surface area contributed by atoms with Crippen molar-refractivity contribution in [2.45, 2.75) is 0 Å². The molecule has 0 aliphatic rings. The molecular formula is KNO3Zn. The molecule has 0 spiro atoms. The van der Waals surface area contributed by atoms with Gasteiger partial charge in [0.2, 0.25) is 0 Å². The van der Waals surface area contributed by atoms with Crippen LogP contribution in [-0.2, 0) is 19.5 Å². The van der Waals surface area contributed by atoms with Gasteiger partial charge in [0, 0.05) is 19.5 Å².